The second kappa shape index (κ2) is 6.32. The molecule has 4 rings (SSSR count). The van der Waals surface area contributed by atoms with Crippen molar-refractivity contribution in [2.24, 2.45) is 0 Å². The van der Waals surface area contributed by atoms with Crippen LogP contribution in [0.4, 0.5) is 4.39 Å². The van der Waals surface area contributed by atoms with Gasteiger partial charge >= 0.3 is 0 Å². The molecule has 0 saturated carbocycles. The zero-order valence-electron chi connectivity index (χ0n) is 13.5. The molecule has 0 bridgehead atoms. The molecular weight excluding hydrogens is 319 g/mol. The van der Waals surface area contributed by atoms with Crippen LogP contribution >= 0.6 is 0 Å². The lowest BCUT2D eigenvalue weighted by molar-refractivity contribution is 0.218. The van der Waals surface area contributed by atoms with E-state index in [-0.39, 0.29) is 11.9 Å². The predicted molar refractivity (Wildman–Crippen MR) is 91.7 cm³/mol. The summed E-state index contributed by atoms with van der Waals surface area (Å²) in [5, 5.41) is 4.14. The van der Waals surface area contributed by atoms with Gasteiger partial charge in [-0.1, -0.05) is 30.3 Å². The zero-order valence-corrected chi connectivity index (χ0v) is 13.5. The lowest BCUT2D eigenvalue weighted by Crippen LogP contribution is -2.10. The molecule has 2 aromatic heterocycles. The fourth-order valence-corrected chi connectivity index (χ4v) is 2.75. The van der Waals surface area contributed by atoms with E-state index >= 15 is 0 Å². The van der Waals surface area contributed by atoms with Crippen molar-refractivity contribution < 1.29 is 9.13 Å². The highest BCUT2D eigenvalue weighted by Gasteiger charge is 2.14. The van der Waals surface area contributed by atoms with Crippen LogP contribution in [-0.2, 0) is 0 Å². The van der Waals surface area contributed by atoms with E-state index in [1.807, 2.05) is 37.3 Å². The molecule has 0 aliphatic carbocycles. The molecule has 0 radical (unpaired) electrons. The van der Waals surface area contributed by atoms with Gasteiger partial charge in [0.1, 0.15) is 24.0 Å². The van der Waals surface area contributed by atoms with E-state index in [2.05, 4.69) is 15.1 Å². The molecule has 2 aromatic carbocycles. The first-order chi connectivity index (χ1) is 12.2. The molecule has 25 heavy (non-hydrogen) atoms. The Balaban J connectivity index is 1.61. The second-order valence-electron chi connectivity index (χ2n) is 5.61. The Hall–Kier alpha value is -3.28. The van der Waals surface area contributed by atoms with E-state index in [9.17, 15) is 4.39 Å². The number of hydrogen-bond acceptors (Lipinski definition) is 4. The summed E-state index contributed by atoms with van der Waals surface area (Å²) in [5.41, 5.74) is 2.16. The van der Waals surface area contributed by atoms with Gasteiger partial charge in [0.15, 0.2) is 0 Å². The molecule has 4 aromatic rings. The minimum Gasteiger partial charge on any atom is -0.484 e. The summed E-state index contributed by atoms with van der Waals surface area (Å²) in [4.78, 5) is 8.18. The summed E-state index contributed by atoms with van der Waals surface area (Å²) in [5.74, 6) is 0.629. The largest absolute Gasteiger partial charge is 0.484 e. The Bertz CT molecular complexity index is 1020. The standard InChI is InChI=1S/C19H15FN4O/c1-13(18-9-10-21-19-22-12-23-24(18)19)25-15-7-8-16(17(20)11-15)14-5-3-2-4-6-14/h2-13H,1H3/t13-/m1/s1. The maximum absolute atomic E-state index is 14.5. The van der Waals surface area contributed by atoms with Crippen molar-refractivity contribution in [3.63, 3.8) is 0 Å². The summed E-state index contributed by atoms with van der Waals surface area (Å²) in [6.07, 6.45) is 2.75. The molecule has 124 valence electrons. The molecule has 5 nitrogen and oxygen atoms in total. The lowest BCUT2D eigenvalue weighted by Gasteiger charge is -2.16. The van der Waals surface area contributed by atoms with E-state index in [0.717, 1.165) is 11.3 Å². The highest BCUT2D eigenvalue weighted by molar-refractivity contribution is 5.64. The molecule has 0 spiro atoms. The van der Waals surface area contributed by atoms with Crippen LogP contribution in [0.1, 0.15) is 18.7 Å². The number of ether oxygens (including phenoxy) is 1. The Labute approximate surface area is 143 Å². The molecule has 0 fully saturated rings. The number of hydrogen-bond donors (Lipinski definition) is 0. The number of fused-ring (bicyclic) bond motifs is 1. The molecule has 0 amide bonds. The third-order valence-electron chi connectivity index (χ3n) is 3.96. The normalized spacial score (nSPS) is 12.2. The first-order valence-corrected chi connectivity index (χ1v) is 7.88. The number of benzene rings is 2. The van der Waals surface area contributed by atoms with E-state index < -0.39 is 0 Å². The smallest absolute Gasteiger partial charge is 0.252 e. The molecule has 0 N–H and O–H groups in total. The molecule has 0 unspecified atom stereocenters. The molecule has 2 heterocycles. The average molecular weight is 334 g/mol. The number of aromatic nitrogens is 4. The third-order valence-corrected chi connectivity index (χ3v) is 3.96. The maximum atomic E-state index is 14.5. The summed E-state index contributed by atoms with van der Waals surface area (Å²) < 4.78 is 22.0. The van der Waals surface area contributed by atoms with Gasteiger partial charge in [0.05, 0.1) is 5.69 Å². The van der Waals surface area contributed by atoms with Gasteiger partial charge in [-0.25, -0.2) is 9.37 Å². The van der Waals surface area contributed by atoms with Crippen molar-refractivity contribution >= 4 is 5.78 Å². The molecule has 1 atom stereocenters. The summed E-state index contributed by atoms with van der Waals surface area (Å²) in [6.45, 7) is 1.87. The first-order valence-electron chi connectivity index (χ1n) is 7.88. The van der Waals surface area contributed by atoms with Crippen LogP contribution in [0.5, 0.6) is 5.75 Å². The van der Waals surface area contributed by atoms with Crippen LogP contribution in [0.25, 0.3) is 16.9 Å². The number of rotatable bonds is 4. The van der Waals surface area contributed by atoms with Gasteiger partial charge in [-0.15, -0.1) is 0 Å². The molecule has 0 aliphatic rings. The maximum Gasteiger partial charge on any atom is 0.252 e. The van der Waals surface area contributed by atoms with Crippen LogP contribution in [0.2, 0.25) is 0 Å². The number of halogens is 1. The predicted octanol–water partition coefficient (Wildman–Crippen LogP) is 4.07. The second-order valence-corrected chi connectivity index (χ2v) is 5.61. The van der Waals surface area contributed by atoms with Crippen LogP contribution < -0.4 is 4.74 Å². The van der Waals surface area contributed by atoms with E-state index in [4.69, 9.17) is 4.74 Å². The lowest BCUT2D eigenvalue weighted by atomic mass is 10.1. The van der Waals surface area contributed by atoms with E-state index in [1.165, 1.54) is 12.4 Å². The quantitative estimate of drug-likeness (QED) is 0.564. The topological polar surface area (TPSA) is 52.3 Å². The van der Waals surface area contributed by atoms with E-state index in [1.54, 1.807) is 28.9 Å². The van der Waals surface area contributed by atoms with Gasteiger partial charge < -0.3 is 4.74 Å². The van der Waals surface area contributed by atoms with Gasteiger partial charge in [0, 0.05) is 17.8 Å². The van der Waals surface area contributed by atoms with Crippen LogP contribution in [0.15, 0.2) is 67.1 Å². The van der Waals surface area contributed by atoms with E-state index in [0.29, 0.717) is 17.1 Å². The van der Waals surface area contributed by atoms with Gasteiger partial charge in [0.25, 0.3) is 5.78 Å². The molecule has 6 heteroatoms. The van der Waals surface area contributed by atoms with Crippen molar-refractivity contribution in [1.82, 2.24) is 19.6 Å². The van der Waals surface area contributed by atoms with Gasteiger partial charge in [-0.05, 0) is 30.7 Å². The Kier molecular flexibility index (Phi) is 3.85. The van der Waals surface area contributed by atoms with Crippen molar-refractivity contribution in [3.05, 3.63) is 78.6 Å². The third kappa shape index (κ3) is 2.94. The summed E-state index contributed by atoms with van der Waals surface area (Å²) in [7, 11) is 0. The Morgan fingerprint density at radius 3 is 2.68 bits per heavy atom. The number of nitrogens with zero attached hydrogens (tertiary/aromatic N) is 4. The zero-order chi connectivity index (χ0) is 17.2. The van der Waals surface area contributed by atoms with Crippen molar-refractivity contribution in [2.75, 3.05) is 0 Å². The minimum absolute atomic E-state index is 0.323. The van der Waals surface area contributed by atoms with Gasteiger partial charge in [-0.3, -0.25) is 0 Å². The van der Waals surface area contributed by atoms with Crippen molar-refractivity contribution in [3.8, 4) is 16.9 Å². The monoisotopic (exact) mass is 334 g/mol. The average Bonchev–Trinajstić information content (AvgIpc) is 3.11. The van der Waals surface area contributed by atoms with Crippen LogP contribution in [-0.4, -0.2) is 19.6 Å². The summed E-state index contributed by atoms with van der Waals surface area (Å²) in [6, 6.07) is 16.1. The Morgan fingerprint density at radius 1 is 1.04 bits per heavy atom. The molecule has 0 saturated heterocycles. The van der Waals surface area contributed by atoms with Crippen LogP contribution in [0, 0.1) is 5.82 Å². The van der Waals surface area contributed by atoms with Gasteiger partial charge in [0.2, 0.25) is 0 Å². The van der Waals surface area contributed by atoms with Crippen molar-refractivity contribution in [1.29, 1.82) is 0 Å². The first kappa shape index (κ1) is 15.3. The fourth-order valence-electron chi connectivity index (χ4n) is 2.75. The highest BCUT2D eigenvalue weighted by atomic mass is 19.1. The van der Waals surface area contributed by atoms with Crippen LogP contribution in [0.3, 0.4) is 0 Å². The van der Waals surface area contributed by atoms with Crippen molar-refractivity contribution in [2.45, 2.75) is 13.0 Å². The molecular formula is C19H15FN4O. The molecule has 0 aliphatic heterocycles. The Morgan fingerprint density at radius 2 is 1.88 bits per heavy atom. The van der Waals surface area contributed by atoms with Gasteiger partial charge in [-0.2, -0.15) is 14.6 Å². The SMILES string of the molecule is C[C@@H](Oc1ccc(-c2ccccc2)c(F)c1)c1ccnc2ncnn12. The fraction of sp³-hybridized carbons (Fsp3) is 0.105. The minimum atomic E-state index is -0.339. The highest BCUT2D eigenvalue weighted by Crippen LogP contribution is 2.28. The summed E-state index contributed by atoms with van der Waals surface area (Å²) >= 11 is 0.